The number of nitrogens with two attached hydrogens (primary N) is 1. The summed E-state index contributed by atoms with van der Waals surface area (Å²) in [5.74, 6) is -5.40. The number of aromatic nitrogens is 3. The second-order valence-corrected chi connectivity index (χ2v) is 12.5. The summed E-state index contributed by atoms with van der Waals surface area (Å²) in [6, 6.07) is 7.84. The van der Waals surface area contributed by atoms with Crippen LogP contribution in [0.15, 0.2) is 89.1 Å². The molecule has 7 N–H and O–H groups in total. The number of aromatic hydroxyl groups is 2. The molecule has 2 aliphatic heterocycles. The number of phenolic OH excluding ortho intramolecular Hbond substituents is 2. The van der Waals surface area contributed by atoms with Gasteiger partial charge >= 0.3 is 17.5 Å². The number of thiazole rings is 1. The normalized spacial score (nSPS) is 18.9. The molecule has 0 spiro atoms. The van der Waals surface area contributed by atoms with Gasteiger partial charge in [-0.15, -0.1) is 23.1 Å². The Labute approximate surface area is 278 Å². The number of hydrogen-bond donors (Lipinski definition) is 6. The Morgan fingerprint density at radius 3 is 2.71 bits per heavy atom. The molecule has 5 heterocycles. The molecule has 0 radical (unpaired) electrons. The number of rotatable bonds is 11. The molecule has 18 heteroatoms. The van der Waals surface area contributed by atoms with Crippen LogP contribution in [0.25, 0.3) is 5.52 Å². The first-order valence-corrected chi connectivity index (χ1v) is 15.9. The smallest absolute Gasteiger partial charge is 0.362 e. The van der Waals surface area contributed by atoms with E-state index in [9.17, 15) is 39.6 Å². The zero-order valence-electron chi connectivity index (χ0n) is 24.5. The molecule has 1 unspecified atom stereocenters. The lowest BCUT2D eigenvalue weighted by molar-refractivity contribution is -0.685. The predicted octanol–water partition coefficient (Wildman–Crippen LogP) is 1.00. The summed E-state index contributed by atoms with van der Waals surface area (Å²) < 4.78 is 3.88. The molecule has 3 atom stereocenters. The molecule has 1 aromatic carbocycles. The van der Waals surface area contributed by atoms with Gasteiger partial charge in [0.05, 0.1) is 6.20 Å². The molecule has 4 aromatic rings. The van der Waals surface area contributed by atoms with E-state index in [1.165, 1.54) is 17.1 Å². The molecule has 3 aromatic heterocycles. The Kier molecular flexibility index (Phi) is 8.50. The van der Waals surface area contributed by atoms with Gasteiger partial charge in [0, 0.05) is 16.7 Å². The fraction of sp³-hybridized carbons (Fsp3) is 0.167. The van der Waals surface area contributed by atoms with Gasteiger partial charge in [-0.25, -0.2) is 23.5 Å². The van der Waals surface area contributed by atoms with Gasteiger partial charge in [-0.3, -0.25) is 14.5 Å². The van der Waals surface area contributed by atoms with Gasteiger partial charge < -0.3 is 36.3 Å². The average Bonchev–Trinajstić information content (AvgIpc) is 3.68. The number of pyridine rings is 1. The molecular weight excluding hydrogens is 667 g/mol. The van der Waals surface area contributed by atoms with Crippen molar-refractivity contribution in [1.29, 1.82) is 0 Å². The fourth-order valence-electron chi connectivity index (χ4n) is 5.29. The molecule has 0 bridgehead atoms. The van der Waals surface area contributed by atoms with Crippen molar-refractivity contribution in [3.05, 3.63) is 95.2 Å². The van der Waals surface area contributed by atoms with Crippen LogP contribution in [0.4, 0.5) is 5.13 Å². The number of phenols is 2. The van der Waals surface area contributed by atoms with Crippen molar-refractivity contribution < 1.29 is 49.0 Å². The first-order chi connectivity index (χ1) is 23.0. The maximum Gasteiger partial charge on any atom is 0.362 e. The van der Waals surface area contributed by atoms with Crippen LogP contribution in [0.2, 0.25) is 0 Å². The standard InChI is InChI=1S/C30H25N7O9S2/c31-29-33-21(14-48-29)30(28(44)45,17-6-7-19(38)20(39)10-17)46-32-11-22(40)34-23-25(41)37-24(27(42)43)16(13-47-26(23)37)4-3-8-35-12-18-5-1-2-9-36(18)15-35/h1-7,9-12,14-15,23,26H,8,13H2,(H6-,31,32,33,34,38,39,40,42,43,44,45)/p+1/b4-3+/t23-,26+,30?/m0/s1. The number of hydrogen-bond acceptors (Lipinski definition) is 12. The van der Waals surface area contributed by atoms with Crippen LogP contribution in [0.3, 0.4) is 0 Å². The highest BCUT2D eigenvalue weighted by molar-refractivity contribution is 8.00. The quantitative estimate of drug-likeness (QED) is 0.0425. The zero-order chi connectivity index (χ0) is 34.2. The maximum atomic E-state index is 13.1. The molecular formula is C30H26N7O9S2+. The number of thioether (sulfide) groups is 1. The molecule has 1 fully saturated rings. The molecule has 48 heavy (non-hydrogen) atoms. The van der Waals surface area contributed by atoms with Crippen molar-refractivity contribution in [3.63, 3.8) is 0 Å². The molecule has 246 valence electrons. The van der Waals surface area contributed by atoms with Crippen LogP contribution in [0, 0.1) is 0 Å². The summed E-state index contributed by atoms with van der Waals surface area (Å²) >= 11 is 2.18. The van der Waals surface area contributed by atoms with Crippen molar-refractivity contribution in [1.82, 2.24) is 19.6 Å². The number of β-lactam (4-membered cyclic amide) rings is 1. The number of oxime groups is 1. The monoisotopic (exact) mass is 692 g/mol. The Bertz CT molecular complexity index is 2020. The van der Waals surface area contributed by atoms with Crippen molar-refractivity contribution in [2.45, 2.75) is 23.6 Å². The van der Waals surface area contributed by atoms with Gasteiger partial charge in [0.2, 0.25) is 6.33 Å². The minimum atomic E-state index is -2.49. The van der Waals surface area contributed by atoms with Gasteiger partial charge in [0.25, 0.3) is 11.8 Å². The summed E-state index contributed by atoms with van der Waals surface area (Å²) in [5, 5.41) is 46.6. The van der Waals surface area contributed by atoms with E-state index >= 15 is 0 Å². The highest BCUT2D eigenvalue weighted by Gasteiger charge is 2.54. The number of carbonyl (C=O) groups is 4. The minimum Gasteiger partial charge on any atom is -0.504 e. The maximum absolute atomic E-state index is 13.1. The Morgan fingerprint density at radius 1 is 1.21 bits per heavy atom. The predicted molar refractivity (Wildman–Crippen MR) is 171 cm³/mol. The molecule has 2 aliphatic rings. The number of carbonyl (C=O) groups excluding carboxylic acids is 2. The van der Waals surface area contributed by atoms with E-state index < -0.39 is 52.3 Å². The highest BCUT2D eigenvalue weighted by Crippen LogP contribution is 2.41. The van der Waals surface area contributed by atoms with Gasteiger partial charge in [-0.2, -0.15) is 0 Å². The number of anilines is 1. The lowest BCUT2D eigenvalue weighted by Gasteiger charge is -2.49. The summed E-state index contributed by atoms with van der Waals surface area (Å²) in [4.78, 5) is 61.2. The van der Waals surface area contributed by atoms with E-state index in [-0.39, 0.29) is 27.8 Å². The van der Waals surface area contributed by atoms with Crippen LogP contribution < -0.4 is 15.6 Å². The first kappa shape index (κ1) is 32.1. The first-order valence-electron chi connectivity index (χ1n) is 14.0. The third-order valence-electron chi connectivity index (χ3n) is 7.55. The van der Waals surface area contributed by atoms with Crippen LogP contribution in [0.1, 0.15) is 11.3 Å². The second kappa shape index (κ2) is 12.7. The van der Waals surface area contributed by atoms with Crippen LogP contribution in [-0.2, 0) is 36.2 Å². The lowest BCUT2D eigenvalue weighted by atomic mass is 9.90. The number of fused-ring (bicyclic) bond motifs is 2. The molecule has 0 aliphatic carbocycles. The molecule has 0 saturated carbocycles. The number of benzene rings is 1. The van der Waals surface area contributed by atoms with E-state index in [2.05, 4.69) is 15.5 Å². The van der Waals surface area contributed by atoms with Crippen molar-refractivity contribution in [2.24, 2.45) is 5.16 Å². The molecule has 1 saturated heterocycles. The SMILES string of the molecule is Nc1nc(C(O/N=C\C(=O)N[C@H]2C(=O)N3C(C(=O)O)=C(/C=C/C[n+]4cc5ccccn5c4)CS[C@H]23)(C(=O)O)c2ccc(O)c(O)c2)cs1. The van der Waals surface area contributed by atoms with Crippen molar-refractivity contribution in [2.75, 3.05) is 11.5 Å². The summed E-state index contributed by atoms with van der Waals surface area (Å²) in [6.45, 7) is 0.465. The number of aliphatic carboxylic acids is 2. The molecule has 16 nitrogen and oxygen atoms in total. The number of nitrogen functional groups attached to an aromatic ring is 1. The topological polar surface area (TPSA) is 233 Å². The Morgan fingerprint density at radius 2 is 2.02 bits per heavy atom. The fourth-order valence-corrected chi connectivity index (χ4v) is 7.21. The second-order valence-electron chi connectivity index (χ2n) is 10.5. The van der Waals surface area contributed by atoms with Gasteiger partial charge in [-0.05, 0) is 42.0 Å². The average molecular weight is 693 g/mol. The number of amides is 2. The van der Waals surface area contributed by atoms with Gasteiger partial charge in [0.1, 0.15) is 41.8 Å². The Hall–Kier alpha value is -5.88. The van der Waals surface area contributed by atoms with Crippen molar-refractivity contribution >= 4 is 63.7 Å². The largest absolute Gasteiger partial charge is 0.504 e. The van der Waals surface area contributed by atoms with E-state index in [0.29, 0.717) is 18.3 Å². The van der Waals surface area contributed by atoms with E-state index in [1.54, 1.807) is 12.2 Å². The molecule has 2 amide bonds. The number of allylic oxidation sites excluding steroid dienone is 2. The third-order valence-corrected chi connectivity index (χ3v) is 9.53. The summed E-state index contributed by atoms with van der Waals surface area (Å²) in [5.41, 5.74) is 4.05. The van der Waals surface area contributed by atoms with Crippen LogP contribution in [0.5, 0.6) is 11.5 Å². The number of nitrogens with zero attached hydrogens (tertiary/aromatic N) is 5. The number of nitrogens with one attached hydrogen (secondary N) is 1. The number of carboxylic acid groups (broad SMARTS) is 2. The van der Waals surface area contributed by atoms with Gasteiger partial charge in [0.15, 0.2) is 22.1 Å². The van der Waals surface area contributed by atoms with E-state index in [0.717, 1.165) is 40.0 Å². The van der Waals surface area contributed by atoms with E-state index in [4.69, 9.17) is 10.6 Å². The van der Waals surface area contributed by atoms with Gasteiger partial charge in [-0.1, -0.05) is 17.3 Å². The van der Waals surface area contributed by atoms with E-state index in [1.807, 2.05) is 45.9 Å². The molecule has 6 rings (SSSR count). The Balaban J connectivity index is 1.15. The lowest BCUT2D eigenvalue weighted by Crippen LogP contribution is -2.70. The minimum absolute atomic E-state index is 0.00378. The highest BCUT2D eigenvalue weighted by atomic mass is 32.2. The summed E-state index contributed by atoms with van der Waals surface area (Å²) in [7, 11) is 0. The summed E-state index contributed by atoms with van der Waals surface area (Å²) in [6.07, 6.45) is 9.83. The van der Waals surface area contributed by atoms with Crippen LogP contribution >= 0.6 is 23.1 Å². The van der Waals surface area contributed by atoms with Crippen molar-refractivity contribution in [3.8, 4) is 11.5 Å². The third kappa shape index (κ3) is 5.77. The zero-order valence-corrected chi connectivity index (χ0v) is 26.2. The number of carboxylic acids is 2. The van der Waals surface area contributed by atoms with Crippen LogP contribution in [-0.4, -0.2) is 81.8 Å². The number of imidazole rings is 1.